The second-order valence-corrected chi connectivity index (χ2v) is 8.02. The summed E-state index contributed by atoms with van der Waals surface area (Å²) in [5.74, 6) is 1.77. The number of rotatable bonds is 1. The summed E-state index contributed by atoms with van der Waals surface area (Å²) in [6.45, 7) is 1.49. The highest BCUT2D eigenvalue weighted by Crippen LogP contribution is 2.49. The summed E-state index contributed by atoms with van der Waals surface area (Å²) in [5.41, 5.74) is 5.84. The molecule has 118 valence electrons. The van der Waals surface area contributed by atoms with Gasteiger partial charge in [-0.2, -0.15) is 0 Å². The Kier molecular flexibility index (Phi) is 3.30. The fraction of sp³-hybridized carbons (Fsp3) is 0.941. The van der Waals surface area contributed by atoms with Crippen LogP contribution < -0.4 is 5.73 Å². The van der Waals surface area contributed by atoms with Gasteiger partial charge in [0, 0.05) is 25.0 Å². The highest BCUT2D eigenvalue weighted by atomic mass is 16.3. The fourth-order valence-corrected chi connectivity index (χ4v) is 5.68. The van der Waals surface area contributed by atoms with Gasteiger partial charge in [0.2, 0.25) is 5.91 Å². The molecule has 0 aromatic rings. The van der Waals surface area contributed by atoms with Crippen molar-refractivity contribution in [3.05, 3.63) is 0 Å². The average molecular weight is 292 g/mol. The molecule has 0 spiro atoms. The van der Waals surface area contributed by atoms with Crippen LogP contribution in [-0.4, -0.2) is 40.6 Å². The molecule has 4 heteroatoms. The summed E-state index contributed by atoms with van der Waals surface area (Å²) in [7, 11) is 0. The van der Waals surface area contributed by atoms with Crippen molar-refractivity contribution in [1.29, 1.82) is 0 Å². The molecular weight excluding hydrogens is 264 g/mol. The number of hydrogen-bond acceptors (Lipinski definition) is 3. The van der Waals surface area contributed by atoms with Crippen LogP contribution in [0.15, 0.2) is 0 Å². The van der Waals surface area contributed by atoms with Crippen molar-refractivity contribution >= 4 is 5.91 Å². The van der Waals surface area contributed by atoms with E-state index in [1.54, 1.807) is 0 Å². The molecule has 1 heterocycles. The quantitative estimate of drug-likeness (QED) is 0.770. The van der Waals surface area contributed by atoms with Crippen LogP contribution in [0.4, 0.5) is 0 Å². The number of nitrogens with zero attached hydrogens (tertiary/aromatic N) is 1. The smallest absolute Gasteiger partial charge is 0.227 e. The van der Waals surface area contributed by atoms with Gasteiger partial charge in [-0.05, 0) is 50.4 Å². The highest BCUT2D eigenvalue weighted by molar-refractivity contribution is 5.80. The van der Waals surface area contributed by atoms with E-state index in [0.717, 1.165) is 38.8 Å². The van der Waals surface area contributed by atoms with Crippen LogP contribution in [0.25, 0.3) is 0 Å². The molecular formula is C17H28N2O2. The van der Waals surface area contributed by atoms with Crippen LogP contribution in [0, 0.1) is 23.7 Å². The molecule has 0 radical (unpaired) electrons. The Morgan fingerprint density at radius 2 is 1.95 bits per heavy atom. The van der Waals surface area contributed by atoms with Crippen LogP contribution in [0.1, 0.15) is 51.4 Å². The first-order valence-corrected chi connectivity index (χ1v) is 8.85. The second kappa shape index (κ2) is 4.95. The zero-order chi connectivity index (χ0) is 14.6. The van der Waals surface area contributed by atoms with E-state index in [2.05, 4.69) is 0 Å². The molecule has 4 fully saturated rings. The predicted octanol–water partition coefficient (Wildman–Crippen LogP) is 1.51. The predicted molar refractivity (Wildman–Crippen MR) is 80.4 cm³/mol. The number of fused-ring (bicyclic) bond motifs is 3. The number of nitrogens with two attached hydrogens (primary N) is 1. The molecule has 2 bridgehead atoms. The summed E-state index contributed by atoms with van der Waals surface area (Å²) in [4.78, 5) is 15.0. The van der Waals surface area contributed by atoms with Crippen LogP contribution in [0.5, 0.6) is 0 Å². The summed E-state index contributed by atoms with van der Waals surface area (Å²) < 4.78 is 0. The van der Waals surface area contributed by atoms with E-state index in [1.165, 1.54) is 25.7 Å². The van der Waals surface area contributed by atoms with E-state index in [9.17, 15) is 9.90 Å². The van der Waals surface area contributed by atoms with Crippen LogP contribution in [0.3, 0.4) is 0 Å². The molecule has 1 aliphatic heterocycles. The third-order valence-electron chi connectivity index (χ3n) is 7.01. The molecule has 1 amide bonds. The lowest BCUT2D eigenvalue weighted by Crippen LogP contribution is -2.57. The van der Waals surface area contributed by atoms with Gasteiger partial charge in [-0.25, -0.2) is 0 Å². The molecule has 0 aromatic carbocycles. The number of carbonyl (C=O) groups excluding carboxylic acids is 1. The normalized spacial score (nSPS) is 49.2. The highest BCUT2D eigenvalue weighted by Gasteiger charge is 2.52. The SMILES string of the molecule is NC1C2CCC(C2)C1C(=O)N1CCC2(O)CCCCC2C1. The zero-order valence-electron chi connectivity index (χ0n) is 12.8. The molecule has 21 heavy (non-hydrogen) atoms. The summed E-state index contributed by atoms with van der Waals surface area (Å²) in [6.07, 6.45) is 8.67. The van der Waals surface area contributed by atoms with Crippen molar-refractivity contribution in [3.8, 4) is 0 Å². The first-order chi connectivity index (χ1) is 10.1. The summed E-state index contributed by atoms with van der Waals surface area (Å²) in [6, 6.07) is 0.0865. The van der Waals surface area contributed by atoms with Crippen LogP contribution in [-0.2, 0) is 4.79 Å². The minimum atomic E-state index is -0.494. The fourth-order valence-electron chi connectivity index (χ4n) is 5.68. The number of hydrogen-bond donors (Lipinski definition) is 2. The Labute approximate surface area is 127 Å². The number of likely N-dealkylation sites (tertiary alicyclic amines) is 1. The Bertz CT molecular complexity index is 439. The van der Waals surface area contributed by atoms with Gasteiger partial charge >= 0.3 is 0 Å². The Morgan fingerprint density at radius 3 is 2.71 bits per heavy atom. The van der Waals surface area contributed by atoms with Gasteiger partial charge in [0.1, 0.15) is 0 Å². The van der Waals surface area contributed by atoms with Gasteiger partial charge < -0.3 is 15.7 Å². The van der Waals surface area contributed by atoms with Crippen molar-refractivity contribution in [2.24, 2.45) is 29.4 Å². The Morgan fingerprint density at radius 1 is 1.14 bits per heavy atom. The van der Waals surface area contributed by atoms with Crippen molar-refractivity contribution in [2.45, 2.75) is 63.0 Å². The molecule has 4 nitrogen and oxygen atoms in total. The first-order valence-electron chi connectivity index (χ1n) is 8.85. The van der Waals surface area contributed by atoms with E-state index in [0.29, 0.717) is 23.7 Å². The van der Waals surface area contributed by atoms with Crippen molar-refractivity contribution in [1.82, 2.24) is 4.90 Å². The van der Waals surface area contributed by atoms with Gasteiger partial charge in [0.15, 0.2) is 0 Å². The van der Waals surface area contributed by atoms with Crippen molar-refractivity contribution < 1.29 is 9.90 Å². The largest absolute Gasteiger partial charge is 0.389 e. The lowest BCUT2D eigenvalue weighted by molar-refractivity contribution is -0.149. The van der Waals surface area contributed by atoms with E-state index >= 15 is 0 Å². The average Bonchev–Trinajstić information content (AvgIpc) is 3.06. The maximum atomic E-state index is 12.9. The third kappa shape index (κ3) is 2.14. The van der Waals surface area contributed by atoms with Gasteiger partial charge in [-0.1, -0.05) is 12.8 Å². The first kappa shape index (κ1) is 14.0. The number of amides is 1. The lowest BCUT2D eigenvalue weighted by atomic mass is 9.71. The molecule has 6 atom stereocenters. The Hall–Kier alpha value is -0.610. The van der Waals surface area contributed by atoms with Gasteiger partial charge in [-0.15, -0.1) is 0 Å². The van der Waals surface area contributed by atoms with E-state index in [4.69, 9.17) is 5.73 Å². The molecule has 0 aromatic heterocycles. The van der Waals surface area contributed by atoms with Gasteiger partial charge in [0.05, 0.1) is 11.5 Å². The maximum Gasteiger partial charge on any atom is 0.227 e. The van der Waals surface area contributed by atoms with Crippen LogP contribution >= 0.6 is 0 Å². The monoisotopic (exact) mass is 292 g/mol. The number of piperidine rings is 1. The van der Waals surface area contributed by atoms with E-state index in [1.807, 2.05) is 4.90 Å². The molecule has 3 N–H and O–H groups in total. The van der Waals surface area contributed by atoms with E-state index in [-0.39, 0.29) is 12.0 Å². The van der Waals surface area contributed by atoms with E-state index < -0.39 is 5.60 Å². The molecule has 3 saturated carbocycles. The molecule has 3 aliphatic carbocycles. The van der Waals surface area contributed by atoms with Gasteiger partial charge in [-0.3, -0.25) is 4.79 Å². The standard InChI is InChI=1S/C17H28N2O2/c18-15-12-5-4-11(9-12)14(15)16(20)19-8-7-17(21)6-2-1-3-13(17)10-19/h11-15,21H,1-10,18H2. The summed E-state index contributed by atoms with van der Waals surface area (Å²) in [5, 5.41) is 10.8. The minimum Gasteiger partial charge on any atom is -0.389 e. The number of aliphatic hydroxyl groups is 1. The molecule has 1 saturated heterocycles. The molecule has 6 unspecified atom stereocenters. The third-order valence-corrected chi connectivity index (χ3v) is 7.01. The van der Waals surface area contributed by atoms with Crippen molar-refractivity contribution in [3.63, 3.8) is 0 Å². The molecule has 4 aliphatic rings. The van der Waals surface area contributed by atoms with Crippen LogP contribution in [0.2, 0.25) is 0 Å². The topological polar surface area (TPSA) is 66.6 Å². The maximum absolute atomic E-state index is 12.9. The van der Waals surface area contributed by atoms with Gasteiger partial charge in [0.25, 0.3) is 0 Å². The zero-order valence-corrected chi connectivity index (χ0v) is 12.8. The molecule has 4 rings (SSSR count). The number of carbonyl (C=O) groups is 1. The van der Waals surface area contributed by atoms with Crippen molar-refractivity contribution in [2.75, 3.05) is 13.1 Å². The Balaban J connectivity index is 1.46. The second-order valence-electron chi connectivity index (χ2n) is 8.02. The summed E-state index contributed by atoms with van der Waals surface area (Å²) >= 11 is 0. The lowest BCUT2D eigenvalue weighted by Gasteiger charge is -2.48. The minimum absolute atomic E-state index is 0.0681.